The first kappa shape index (κ1) is 31.3. The zero-order valence-corrected chi connectivity index (χ0v) is 26.7. The fourth-order valence-corrected chi connectivity index (χ4v) is 6.06. The maximum absolute atomic E-state index is 13.4. The molecule has 0 bridgehead atoms. The van der Waals surface area contributed by atoms with Crippen molar-refractivity contribution in [2.45, 2.75) is 4.90 Å². The van der Waals surface area contributed by atoms with E-state index >= 15 is 0 Å². The maximum atomic E-state index is 13.4. The number of anilines is 2. The molecular weight excluding hydrogens is 633 g/mol. The molecule has 0 unspecified atom stereocenters. The largest absolute Gasteiger partial charge is 0.497 e. The highest BCUT2D eigenvalue weighted by atomic mass is 32.2. The molecule has 0 spiro atoms. The first-order chi connectivity index (χ1) is 22.9. The molecule has 234 valence electrons. The van der Waals surface area contributed by atoms with E-state index in [2.05, 4.69) is 20.9 Å². The number of amides is 3. The first-order valence-electron chi connectivity index (χ1n) is 14.5. The summed E-state index contributed by atoms with van der Waals surface area (Å²) in [6.45, 7) is 0. The van der Waals surface area contributed by atoms with E-state index in [0.29, 0.717) is 33.7 Å². The molecule has 6 rings (SSSR count). The highest BCUT2D eigenvalue weighted by Gasteiger charge is 2.17. The molecule has 0 radical (unpaired) electrons. The highest BCUT2D eigenvalue weighted by molar-refractivity contribution is 8.00. The average Bonchev–Trinajstić information content (AvgIpc) is 3.74. The van der Waals surface area contributed by atoms with Crippen molar-refractivity contribution in [2.75, 3.05) is 23.5 Å². The smallest absolute Gasteiger partial charge is 0.272 e. The molecule has 4 aromatic carbocycles. The van der Waals surface area contributed by atoms with Gasteiger partial charge in [0.1, 0.15) is 23.0 Å². The van der Waals surface area contributed by atoms with Crippen molar-refractivity contribution in [1.82, 2.24) is 10.3 Å². The quantitative estimate of drug-likeness (QED) is 0.0961. The number of thioether (sulfide) groups is 1. The van der Waals surface area contributed by atoms with E-state index in [9.17, 15) is 14.4 Å². The molecule has 0 aliphatic rings. The molecule has 6 aromatic rings. The van der Waals surface area contributed by atoms with Gasteiger partial charge in [0.05, 0.1) is 23.1 Å². The fraction of sp³-hybridized carbons (Fsp3) is 0.0556. The van der Waals surface area contributed by atoms with E-state index in [1.54, 1.807) is 49.6 Å². The number of carbonyl (C=O) groups excluding carboxylic acids is 3. The average molecular weight is 661 g/mol. The van der Waals surface area contributed by atoms with Crippen LogP contribution in [0.3, 0.4) is 0 Å². The van der Waals surface area contributed by atoms with Gasteiger partial charge in [0.15, 0.2) is 5.13 Å². The van der Waals surface area contributed by atoms with Gasteiger partial charge < -0.3 is 25.1 Å². The zero-order chi connectivity index (χ0) is 32.6. The number of nitrogens with one attached hydrogen (secondary N) is 3. The second kappa shape index (κ2) is 14.6. The van der Waals surface area contributed by atoms with E-state index in [0.717, 1.165) is 20.7 Å². The molecule has 3 amide bonds. The number of nitrogens with zero attached hydrogens (tertiary/aromatic N) is 1. The summed E-state index contributed by atoms with van der Waals surface area (Å²) in [5.74, 6) is 0.770. The first-order valence-corrected chi connectivity index (χ1v) is 16.3. The third kappa shape index (κ3) is 8.15. The number of methoxy groups -OCH3 is 1. The van der Waals surface area contributed by atoms with Crippen LogP contribution >= 0.6 is 23.1 Å². The van der Waals surface area contributed by atoms with E-state index in [-0.39, 0.29) is 17.4 Å². The van der Waals surface area contributed by atoms with Crippen LogP contribution in [0.1, 0.15) is 16.1 Å². The number of thiazole rings is 1. The fourth-order valence-electron chi connectivity index (χ4n) is 4.50. The summed E-state index contributed by atoms with van der Waals surface area (Å²) in [6.07, 6.45) is 1.49. The predicted molar refractivity (Wildman–Crippen MR) is 187 cm³/mol. The minimum atomic E-state index is -0.528. The number of carbonyl (C=O) groups is 3. The molecule has 0 fully saturated rings. The molecule has 2 aromatic heterocycles. The molecule has 9 nitrogen and oxygen atoms in total. The Morgan fingerprint density at radius 1 is 0.872 bits per heavy atom. The van der Waals surface area contributed by atoms with Crippen LogP contribution in [0.15, 0.2) is 130 Å². The van der Waals surface area contributed by atoms with Crippen molar-refractivity contribution >= 4 is 67.9 Å². The number of rotatable bonds is 11. The number of ether oxygens (including phenoxy) is 1. The standard InChI is InChI=1S/C36H28N4O5S2/c1-44-26-15-19-32-29(20-26)39-36(47-32)40-33(41)22-46-28-16-12-25(13-17-28)37-35(43)30(38-34(42)24-10-6-3-7-11-24)21-27-14-18-31(45-27)23-8-4-2-5-9-23/h2-21H,22H2,1H3,(H,37,43)(H,38,42)(H,39,40,41)/b30-21-. The van der Waals surface area contributed by atoms with Gasteiger partial charge in [0.2, 0.25) is 5.91 Å². The van der Waals surface area contributed by atoms with E-state index in [1.807, 2.05) is 72.8 Å². The van der Waals surface area contributed by atoms with Crippen molar-refractivity contribution in [1.29, 1.82) is 0 Å². The Hall–Kier alpha value is -5.65. The van der Waals surface area contributed by atoms with Crippen LogP contribution in [-0.2, 0) is 9.59 Å². The van der Waals surface area contributed by atoms with Gasteiger partial charge >= 0.3 is 0 Å². The topological polar surface area (TPSA) is 123 Å². The Labute approximate surface area is 278 Å². The van der Waals surface area contributed by atoms with Crippen LogP contribution in [-0.4, -0.2) is 35.6 Å². The summed E-state index contributed by atoms with van der Waals surface area (Å²) < 4.78 is 12.1. The minimum absolute atomic E-state index is 0.0104. The lowest BCUT2D eigenvalue weighted by Crippen LogP contribution is -2.30. The van der Waals surface area contributed by atoms with Crippen LogP contribution in [0.2, 0.25) is 0 Å². The van der Waals surface area contributed by atoms with Crippen molar-refractivity contribution in [3.8, 4) is 17.1 Å². The Bertz CT molecular complexity index is 2060. The molecule has 47 heavy (non-hydrogen) atoms. The van der Waals surface area contributed by atoms with Crippen LogP contribution in [0.5, 0.6) is 5.75 Å². The lowest BCUT2D eigenvalue weighted by molar-refractivity contribution is -0.114. The number of aromatic nitrogens is 1. The van der Waals surface area contributed by atoms with Gasteiger partial charge in [-0.1, -0.05) is 59.9 Å². The molecule has 0 saturated carbocycles. The molecule has 0 saturated heterocycles. The lowest BCUT2D eigenvalue weighted by Gasteiger charge is -2.11. The van der Waals surface area contributed by atoms with Crippen LogP contribution < -0.4 is 20.7 Å². The summed E-state index contributed by atoms with van der Waals surface area (Å²) in [4.78, 5) is 44.3. The van der Waals surface area contributed by atoms with Gasteiger partial charge in [-0.2, -0.15) is 0 Å². The summed E-state index contributed by atoms with van der Waals surface area (Å²) in [5.41, 5.74) is 2.58. The van der Waals surface area contributed by atoms with Crippen LogP contribution in [0.25, 0.3) is 27.6 Å². The van der Waals surface area contributed by atoms with Crippen molar-refractivity contribution < 1.29 is 23.5 Å². The lowest BCUT2D eigenvalue weighted by atomic mass is 10.2. The normalized spacial score (nSPS) is 11.2. The van der Waals surface area contributed by atoms with Crippen LogP contribution in [0.4, 0.5) is 10.8 Å². The third-order valence-corrected chi connectivity index (χ3v) is 8.79. The van der Waals surface area contributed by atoms with Gasteiger partial charge in [-0.05, 0) is 60.7 Å². The van der Waals surface area contributed by atoms with E-state index in [4.69, 9.17) is 9.15 Å². The van der Waals surface area contributed by atoms with E-state index < -0.39 is 11.8 Å². The number of hydrogen-bond acceptors (Lipinski definition) is 8. The molecule has 3 N–H and O–H groups in total. The van der Waals surface area contributed by atoms with Crippen molar-refractivity contribution in [3.63, 3.8) is 0 Å². The minimum Gasteiger partial charge on any atom is -0.497 e. The van der Waals surface area contributed by atoms with Gasteiger partial charge in [-0.25, -0.2) is 4.98 Å². The van der Waals surface area contributed by atoms with E-state index in [1.165, 1.54) is 29.2 Å². The molecule has 0 aliphatic heterocycles. The Kier molecular flexibility index (Phi) is 9.75. The van der Waals surface area contributed by atoms with Gasteiger partial charge in [0.25, 0.3) is 11.8 Å². The molecule has 0 aliphatic carbocycles. The second-order valence-corrected chi connectivity index (χ2v) is 12.2. The third-order valence-electron chi connectivity index (χ3n) is 6.82. The molecule has 2 heterocycles. The van der Waals surface area contributed by atoms with Gasteiger partial charge in [-0.15, -0.1) is 11.8 Å². The van der Waals surface area contributed by atoms with Crippen molar-refractivity contribution in [3.05, 3.63) is 132 Å². The molecule has 0 atom stereocenters. The Balaban J connectivity index is 1.10. The molecule has 11 heteroatoms. The summed E-state index contributed by atoms with van der Waals surface area (Å²) in [5, 5.41) is 8.92. The van der Waals surface area contributed by atoms with Gasteiger partial charge in [0, 0.05) is 33.9 Å². The Morgan fingerprint density at radius 2 is 1.62 bits per heavy atom. The Morgan fingerprint density at radius 3 is 2.36 bits per heavy atom. The predicted octanol–water partition coefficient (Wildman–Crippen LogP) is 7.71. The monoisotopic (exact) mass is 660 g/mol. The second-order valence-electron chi connectivity index (χ2n) is 10.1. The summed E-state index contributed by atoms with van der Waals surface area (Å²) in [6, 6.07) is 34.4. The van der Waals surface area contributed by atoms with Crippen molar-refractivity contribution in [2.24, 2.45) is 0 Å². The number of furan rings is 1. The van der Waals surface area contributed by atoms with Gasteiger partial charge in [-0.3, -0.25) is 14.4 Å². The maximum Gasteiger partial charge on any atom is 0.272 e. The number of hydrogen-bond donors (Lipinski definition) is 3. The number of fused-ring (bicyclic) bond motifs is 1. The summed E-state index contributed by atoms with van der Waals surface area (Å²) in [7, 11) is 1.60. The summed E-state index contributed by atoms with van der Waals surface area (Å²) >= 11 is 2.75. The van der Waals surface area contributed by atoms with Crippen LogP contribution in [0, 0.1) is 0 Å². The zero-order valence-electron chi connectivity index (χ0n) is 25.1. The highest BCUT2D eigenvalue weighted by Crippen LogP contribution is 2.29. The number of benzene rings is 4. The SMILES string of the molecule is COc1ccc2sc(NC(=O)CSc3ccc(NC(=O)/C(=C/c4ccc(-c5ccccc5)o4)NC(=O)c4ccccc4)cc3)nc2c1. The molecular formula is C36H28N4O5S2.